The van der Waals surface area contributed by atoms with Gasteiger partial charge in [-0.05, 0) is 19.4 Å². The van der Waals surface area contributed by atoms with E-state index in [1.807, 2.05) is 19.1 Å². The predicted molar refractivity (Wildman–Crippen MR) is 64.8 cm³/mol. The molecule has 1 aromatic rings. The number of hydrogen-bond donors (Lipinski definition) is 2. The van der Waals surface area contributed by atoms with Gasteiger partial charge in [-0.3, -0.25) is 4.79 Å². The standard InChI is InChI=1S/C13H16F3NO2/c1-8-4-3-5-10(6-8)9(2)17-7-11(12(18)19)13(14,15)16/h3-6,9,11,17H,7H2,1-2H3,(H,18,19)/t9-,11?/m1/s1. The molecule has 1 rings (SSSR count). The van der Waals surface area contributed by atoms with E-state index in [0.29, 0.717) is 0 Å². The van der Waals surface area contributed by atoms with Gasteiger partial charge in [-0.2, -0.15) is 13.2 Å². The molecule has 0 spiro atoms. The van der Waals surface area contributed by atoms with Crippen LogP contribution in [0.4, 0.5) is 13.2 Å². The Kier molecular flexibility index (Phi) is 4.94. The van der Waals surface area contributed by atoms with E-state index < -0.39 is 24.6 Å². The molecule has 19 heavy (non-hydrogen) atoms. The molecule has 0 saturated heterocycles. The summed E-state index contributed by atoms with van der Waals surface area (Å²) in [6.07, 6.45) is -4.74. The largest absolute Gasteiger partial charge is 0.481 e. The molecule has 0 aliphatic heterocycles. The molecular weight excluding hydrogens is 259 g/mol. The fourth-order valence-corrected chi connectivity index (χ4v) is 1.69. The van der Waals surface area contributed by atoms with E-state index in [0.717, 1.165) is 11.1 Å². The summed E-state index contributed by atoms with van der Waals surface area (Å²) >= 11 is 0. The number of benzene rings is 1. The molecule has 0 bridgehead atoms. The Hall–Kier alpha value is -1.56. The van der Waals surface area contributed by atoms with E-state index in [4.69, 9.17) is 5.11 Å². The molecule has 1 aromatic carbocycles. The van der Waals surface area contributed by atoms with Gasteiger partial charge in [0.1, 0.15) is 0 Å². The number of hydrogen-bond acceptors (Lipinski definition) is 2. The van der Waals surface area contributed by atoms with E-state index >= 15 is 0 Å². The van der Waals surface area contributed by atoms with Gasteiger partial charge in [-0.15, -0.1) is 0 Å². The quantitative estimate of drug-likeness (QED) is 0.868. The summed E-state index contributed by atoms with van der Waals surface area (Å²) in [4.78, 5) is 10.6. The molecule has 2 N–H and O–H groups in total. The van der Waals surface area contributed by atoms with Crippen LogP contribution in [0.1, 0.15) is 24.1 Å². The van der Waals surface area contributed by atoms with Crippen LogP contribution in [0.3, 0.4) is 0 Å². The summed E-state index contributed by atoms with van der Waals surface area (Å²) in [6.45, 7) is 2.93. The number of carboxylic acid groups (broad SMARTS) is 1. The molecule has 0 aliphatic rings. The lowest BCUT2D eigenvalue weighted by Crippen LogP contribution is -2.39. The minimum absolute atomic E-state index is 0.343. The highest BCUT2D eigenvalue weighted by Crippen LogP contribution is 2.26. The van der Waals surface area contributed by atoms with E-state index in [-0.39, 0.29) is 6.04 Å². The SMILES string of the molecule is Cc1cccc([C@@H](C)NCC(C(=O)O)C(F)(F)F)c1. The summed E-state index contributed by atoms with van der Waals surface area (Å²) < 4.78 is 37.4. The summed E-state index contributed by atoms with van der Waals surface area (Å²) in [5.74, 6) is -4.25. The molecule has 6 heteroatoms. The lowest BCUT2D eigenvalue weighted by atomic mass is 10.0. The van der Waals surface area contributed by atoms with Crippen molar-refractivity contribution < 1.29 is 23.1 Å². The zero-order chi connectivity index (χ0) is 14.6. The summed E-state index contributed by atoms with van der Waals surface area (Å²) in [6, 6.07) is 6.98. The van der Waals surface area contributed by atoms with Gasteiger partial charge in [0, 0.05) is 12.6 Å². The third kappa shape index (κ3) is 4.55. The average molecular weight is 275 g/mol. The van der Waals surface area contributed by atoms with E-state index in [1.54, 1.807) is 19.1 Å². The number of aryl methyl sites for hydroxylation is 1. The molecule has 1 unspecified atom stereocenters. The second kappa shape index (κ2) is 6.06. The molecule has 0 radical (unpaired) electrons. The van der Waals surface area contributed by atoms with Gasteiger partial charge in [-0.1, -0.05) is 29.8 Å². The maximum atomic E-state index is 12.5. The van der Waals surface area contributed by atoms with Gasteiger partial charge in [-0.25, -0.2) is 0 Å². The Morgan fingerprint density at radius 1 is 1.42 bits per heavy atom. The Morgan fingerprint density at radius 3 is 2.53 bits per heavy atom. The lowest BCUT2D eigenvalue weighted by Gasteiger charge is -2.20. The highest BCUT2D eigenvalue weighted by molar-refractivity contribution is 5.71. The van der Waals surface area contributed by atoms with E-state index in [1.165, 1.54) is 0 Å². The monoisotopic (exact) mass is 275 g/mol. The van der Waals surface area contributed by atoms with Crippen LogP contribution in [0.2, 0.25) is 0 Å². The number of rotatable bonds is 5. The van der Waals surface area contributed by atoms with Crippen LogP contribution < -0.4 is 5.32 Å². The van der Waals surface area contributed by atoms with Crippen molar-refractivity contribution in [1.82, 2.24) is 5.32 Å². The zero-order valence-corrected chi connectivity index (χ0v) is 10.7. The van der Waals surface area contributed by atoms with Crippen LogP contribution in [0, 0.1) is 12.8 Å². The molecule has 0 amide bonds. The van der Waals surface area contributed by atoms with Gasteiger partial charge in [0.2, 0.25) is 0 Å². The minimum atomic E-state index is -4.74. The number of carboxylic acids is 1. The summed E-state index contributed by atoms with van der Waals surface area (Å²) in [5.41, 5.74) is 1.82. The fourth-order valence-electron chi connectivity index (χ4n) is 1.69. The molecule has 0 aliphatic carbocycles. The third-order valence-corrected chi connectivity index (χ3v) is 2.86. The van der Waals surface area contributed by atoms with Gasteiger partial charge >= 0.3 is 12.1 Å². The van der Waals surface area contributed by atoms with Crippen molar-refractivity contribution in [3.05, 3.63) is 35.4 Å². The van der Waals surface area contributed by atoms with Crippen LogP contribution in [0.5, 0.6) is 0 Å². The van der Waals surface area contributed by atoms with Gasteiger partial charge in [0.05, 0.1) is 0 Å². The summed E-state index contributed by atoms with van der Waals surface area (Å²) in [7, 11) is 0. The van der Waals surface area contributed by atoms with Crippen LogP contribution in [0.15, 0.2) is 24.3 Å². The van der Waals surface area contributed by atoms with E-state index in [9.17, 15) is 18.0 Å². The van der Waals surface area contributed by atoms with Gasteiger partial charge in [0.15, 0.2) is 5.92 Å². The smallest absolute Gasteiger partial charge is 0.403 e. The van der Waals surface area contributed by atoms with Crippen molar-refractivity contribution in [3.8, 4) is 0 Å². The first-order valence-corrected chi connectivity index (χ1v) is 5.81. The molecule has 3 nitrogen and oxygen atoms in total. The molecule has 0 heterocycles. The first-order chi connectivity index (χ1) is 8.71. The van der Waals surface area contributed by atoms with Crippen molar-refractivity contribution in [2.75, 3.05) is 6.54 Å². The topological polar surface area (TPSA) is 49.3 Å². The number of nitrogens with one attached hydrogen (secondary N) is 1. The van der Waals surface area contributed by atoms with Crippen LogP contribution >= 0.6 is 0 Å². The highest BCUT2D eigenvalue weighted by Gasteiger charge is 2.44. The highest BCUT2D eigenvalue weighted by atomic mass is 19.4. The number of halogens is 3. The number of aliphatic carboxylic acids is 1. The molecular formula is C13H16F3NO2. The van der Waals surface area contributed by atoms with Gasteiger partial charge < -0.3 is 10.4 Å². The second-order valence-electron chi connectivity index (χ2n) is 4.48. The van der Waals surface area contributed by atoms with Gasteiger partial charge in [0.25, 0.3) is 0 Å². The normalized spacial score (nSPS) is 15.0. The Morgan fingerprint density at radius 2 is 2.05 bits per heavy atom. The first kappa shape index (κ1) is 15.5. The first-order valence-electron chi connectivity index (χ1n) is 5.81. The fraction of sp³-hybridized carbons (Fsp3) is 0.462. The molecule has 106 valence electrons. The lowest BCUT2D eigenvalue weighted by molar-refractivity contribution is -0.192. The predicted octanol–water partition coefficient (Wildman–Crippen LogP) is 2.91. The Bertz CT molecular complexity index is 446. The molecule has 0 fully saturated rings. The van der Waals surface area contributed by atoms with Crippen molar-refractivity contribution in [1.29, 1.82) is 0 Å². The molecule has 0 saturated carbocycles. The molecule has 0 aromatic heterocycles. The maximum Gasteiger partial charge on any atom is 0.403 e. The van der Waals surface area contributed by atoms with Crippen molar-refractivity contribution in [2.45, 2.75) is 26.1 Å². The van der Waals surface area contributed by atoms with Crippen LogP contribution in [-0.2, 0) is 4.79 Å². The van der Waals surface area contributed by atoms with Crippen molar-refractivity contribution in [2.24, 2.45) is 5.92 Å². The van der Waals surface area contributed by atoms with Crippen LogP contribution in [0.25, 0.3) is 0 Å². The number of carbonyl (C=O) groups is 1. The van der Waals surface area contributed by atoms with E-state index in [2.05, 4.69) is 5.32 Å². The zero-order valence-electron chi connectivity index (χ0n) is 10.7. The maximum absolute atomic E-state index is 12.5. The minimum Gasteiger partial charge on any atom is -0.481 e. The van der Waals surface area contributed by atoms with Crippen LogP contribution in [-0.4, -0.2) is 23.8 Å². The molecule has 2 atom stereocenters. The summed E-state index contributed by atoms with van der Waals surface area (Å²) in [5, 5.41) is 11.2. The Labute approximate surface area is 109 Å². The Balaban J connectivity index is 2.67. The average Bonchev–Trinajstić information content (AvgIpc) is 2.26. The third-order valence-electron chi connectivity index (χ3n) is 2.86. The van der Waals surface area contributed by atoms with Crippen molar-refractivity contribution in [3.63, 3.8) is 0 Å². The van der Waals surface area contributed by atoms with Crippen molar-refractivity contribution >= 4 is 5.97 Å². The number of alkyl halides is 3. The second-order valence-corrected chi connectivity index (χ2v) is 4.48.